The average molecular weight is 313 g/mol. The maximum atomic E-state index is 12.1. The van der Waals surface area contributed by atoms with Crippen molar-refractivity contribution < 1.29 is 9.32 Å². The summed E-state index contributed by atoms with van der Waals surface area (Å²) >= 11 is 0. The van der Waals surface area contributed by atoms with Crippen LogP contribution in [0.3, 0.4) is 0 Å². The molecule has 1 N–H and O–H groups in total. The summed E-state index contributed by atoms with van der Waals surface area (Å²) in [5.41, 5.74) is 1.13. The number of amides is 1. The van der Waals surface area contributed by atoms with E-state index in [1.54, 1.807) is 12.3 Å². The van der Waals surface area contributed by atoms with Crippen LogP contribution in [-0.4, -0.2) is 34.1 Å². The van der Waals surface area contributed by atoms with E-state index >= 15 is 0 Å². The van der Waals surface area contributed by atoms with Gasteiger partial charge in [0.2, 0.25) is 5.95 Å². The van der Waals surface area contributed by atoms with Gasteiger partial charge >= 0.3 is 0 Å². The van der Waals surface area contributed by atoms with Crippen molar-refractivity contribution in [3.63, 3.8) is 0 Å². The number of hydrogen-bond acceptors (Lipinski definition) is 6. The summed E-state index contributed by atoms with van der Waals surface area (Å²) in [5, 5.41) is 6.68. The molecule has 0 atom stereocenters. The predicted molar refractivity (Wildman–Crippen MR) is 83.1 cm³/mol. The molecule has 23 heavy (non-hydrogen) atoms. The van der Waals surface area contributed by atoms with Gasteiger partial charge in [-0.15, -0.1) is 0 Å². The number of aromatic nitrogens is 3. The first kappa shape index (κ1) is 14.2. The molecular formula is C16H19N5O2. The minimum atomic E-state index is -0.234. The molecule has 3 heterocycles. The standard InChI is InChI=1S/C16H19N5O2/c22-15(13-9-14(23-20-13)11-3-4-11)18-10-12-5-6-17-16(19-12)21-7-1-2-8-21/h5-6,9,11H,1-4,7-8,10H2,(H,18,22). The lowest BCUT2D eigenvalue weighted by molar-refractivity contribution is 0.0941. The van der Waals surface area contributed by atoms with Gasteiger partial charge in [-0.1, -0.05) is 5.16 Å². The molecule has 0 spiro atoms. The highest BCUT2D eigenvalue weighted by Crippen LogP contribution is 2.40. The highest BCUT2D eigenvalue weighted by Gasteiger charge is 2.28. The van der Waals surface area contributed by atoms with Crippen LogP contribution >= 0.6 is 0 Å². The van der Waals surface area contributed by atoms with Gasteiger partial charge in [0.1, 0.15) is 5.76 Å². The Morgan fingerprint density at radius 1 is 1.35 bits per heavy atom. The Bertz CT molecular complexity index is 704. The van der Waals surface area contributed by atoms with Crippen molar-refractivity contribution in [2.24, 2.45) is 0 Å². The molecule has 1 aliphatic heterocycles. The van der Waals surface area contributed by atoms with E-state index in [0.717, 1.165) is 43.3 Å². The van der Waals surface area contributed by atoms with Crippen molar-refractivity contribution >= 4 is 11.9 Å². The molecule has 1 aliphatic carbocycles. The van der Waals surface area contributed by atoms with Crippen LogP contribution < -0.4 is 10.2 Å². The third-order valence-electron chi connectivity index (χ3n) is 4.26. The SMILES string of the molecule is O=C(NCc1ccnc(N2CCCC2)n1)c1cc(C2CC2)on1. The van der Waals surface area contributed by atoms with Crippen LogP contribution in [0.25, 0.3) is 0 Å². The zero-order valence-electron chi connectivity index (χ0n) is 12.9. The Morgan fingerprint density at radius 2 is 2.17 bits per heavy atom. The van der Waals surface area contributed by atoms with Crippen molar-refractivity contribution in [1.29, 1.82) is 0 Å². The Hall–Kier alpha value is -2.44. The summed E-state index contributed by atoms with van der Waals surface area (Å²) in [6.07, 6.45) is 6.34. The highest BCUT2D eigenvalue weighted by atomic mass is 16.5. The van der Waals surface area contributed by atoms with E-state index in [0.29, 0.717) is 18.2 Å². The van der Waals surface area contributed by atoms with Crippen LogP contribution in [0.5, 0.6) is 0 Å². The lowest BCUT2D eigenvalue weighted by atomic mass is 10.3. The molecular weight excluding hydrogens is 294 g/mol. The molecule has 1 saturated heterocycles. The Balaban J connectivity index is 1.37. The molecule has 0 aromatic carbocycles. The number of hydrogen-bond donors (Lipinski definition) is 1. The van der Waals surface area contributed by atoms with Gasteiger partial charge < -0.3 is 14.7 Å². The van der Waals surface area contributed by atoms with Gasteiger partial charge in [-0.3, -0.25) is 4.79 Å². The van der Waals surface area contributed by atoms with E-state index < -0.39 is 0 Å². The summed E-state index contributed by atoms with van der Waals surface area (Å²) in [6.45, 7) is 2.35. The number of anilines is 1. The van der Waals surface area contributed by atoms with E-state index in [-0.39, 0.29) is 5.91 Å². The van der Waals surface area contributed by atoms with Crippen LogP contribution in [0.4, 0.5) is 5.95 Å². The average Bonchev–Trinajstić information content (AvgIpc) is 3.09. The fourth-order valence-corrected chi connectivity index (χ4v) is 2.77. The van der Waals surface area contributed by atoms with Crippen LogP contribution in [0.2, 0.25) is 0 Å². The Kier molecular flexibility index (Phi) is 3.69. The number of carbonyl (C=O) groups is 1. The fourth-order valence-electron chi connectivity index (χ4n) is 2.77. The molecule has 2 fully saturated rings. The van der Waals surface area contributed by atoms with Gasteiger partial charge in [0, 0.05) is 31.3 Å². The second-order valence-corrected chi connectivity index (χ2v) is 6.11. The van der Waals surface area contributed by atoms with Crippen molar-refractivity contribution in [1.82, 2.24) is 20.4 Å². The molecule has 4 rings (SSSR count). The van der Waals surface area contributed by atoms with Gasteiger partial charge in [-0.25, -0.2) is 9.97 Å². The van der Waals surface area contributed by atoms with Gasteiger partial charge in [-0.2, -0.15) is 0 Å². The normalized spacial score (nSPS) is 17.5. The summed E-state index contributed by atoms with van der Waals surface area (Å²) in [7, 11) is 0. The zero-order chi connectivity index (χ0) is 15.6. The second kappa shape index (κ2) is 5.98. The van der Waals surface area contributed by atoms with Gasteiger partial charge in [0.25, 0.3) is 5.91 Å². The van der Waals surface area contributed by atoms with E-state index in [1.165, 1.54) is 12.8 Å². The maximum Gasteiger partial charge on any atom is 0.273 e. The lowest BCUT2D eigenvalue weighted by Gasteiger charge is -2.15. The molecule has 7 nitrogen and oxygen atoms in total. The zero-order valence-corrected chi connectivity index (χ0v) is 12.9. The number of nitrogens with zero attached hydrogens (tertiary/aromatic N) is 4. The van der Waals surface area contributed by atoms with Crippen LogP contribution in [0.1, 0.15) is 53.5 Å². The predicted octanol–water partition coefficient (Wildman–Crippen LogP) is 1.87. The molecule has 0 unspecified atom stereocenters. The van der Waals surface area contributed by atoms with Gasteiger partial charge in [0.15, 0.2) is 5.69 Å². The largest absolute Gasteiger partial charge is 0.360 e. The quantitative estimate of drug-likeness (QED) is 0.907. The highest BCUT2D eigenvalue weighted by molar-refractivity contribution is 5.92. The topological polar surface area (TPSA) is 84.2 Å². The molecule has 7 heteroatoms. The van der Waals surface area contributed by atoms with Crippen LogP contribution in [-0.2, 0) is 6.54 Å². The third-order valence-corrected chi connectivity index (χ3v) is 4.26. The molecule has 120 valence electrons. The van der Waals surface area contributed by atoms with Crippen molar-refractivity contribution in [3.05, 3.63) is 35.5 Å². The third kappa shape index (κ3) is 3.18. The van der Waals surface area contributed by atoms with E-state index in [9.17, 15) is 4.79 Å². The molecule has 0 radical (unpaired) electrons. The summed E-state index contributed by atoms with van der Waals surface area (Å²) in [5.74, 6) is 1.77. The Labute approximate surface area is 134 Å². The van der Waals surface area contributed by atoms with E-state index in [2.05, 4.69) is 25.3 Å². The summed E-state index contributed by atoms with van der Waals surface area (Å²) in [4.78, 5) is 23.1. The van der Waals surface area contributed by atoms with Crippen LogP contribution in [0, 0.1) is 0 Å². The van der Waals surface area contributed by atoms with Gasteiger partial charge in [-0.05, 0) is 31.7 Å². The van der Waals surface area contributed by atoms with Crippen molar-refractivity contribution in [2.45, 2.75) is 38.1 Å². The summed E-state index contributed by atoms with van der Waals surface area (Å²) in [6, 6.07) is 3.56. The molecule has 1 amide bonds. The molecule has 2 aromatic heterocycles. The first-order chi connectivity index (χ1) is 11.3. The first-order valence-corrected chi connectivity index (χ1v) is 8.11. The van der Waals surface area contributed by atoms with Gasteiger partial charge in [0.05, 0.1) is 12.2 Å². The molecule has 2 aliphatic rings. The number of rotatable bonds is 5. The van der Waals surface area contributed by atoms with E-state index in [4.69, 9.17) is 4.52 Å². The van der Waals surface area contributed by atoms with Crippen molar-refractivity contribution in [2.75, 3.05) is 18.0 Å². The smallest absolute Gasteiger partial charge is 0.273 e. The lowest BCUT2D eigenvalue weighted by Crippen LogP contribution is -2.25. The minimum Gasteiger partial charge on any atom is -0.360 e. The second-order valence-electron chi connectivity index (χ2n) is 6.11. The number of carbonyl (C=O) groups excluding carboxylic acids is 1. The van der Waals surface area contributed by atoms with Crippen LogP contribution in [0.15, 0.2) is 22.9 Å². The monoisotopic (exact) mass is 313 g/mol. The summed E-state index contributed by atoms with van der Waals surface area (Å²) < 4.78 is 5.21. The maximum absolute atomic E-state index is 12.1. The first-order valence-electron chi connectivity index (χ1n) is 8.11. The molecule has 2 aromatic rings. The number of nitrogens with one attached hydrogen (secondary N) is 1. The molecule has 0 bridgehead atoms. The minimum absolute atomic E-state index is 0.234. The fraction of sp³-hybridized carbons (Fsp3) is 0.500. The Morgan fingerprint density at radius 3 is 2.96 bits per heavy atom. The molecule has 1 saturated carbocycles. The van der Waals surface area contributed by atoms with E-state index in [1.807, 2.05) is 6.07 Å². The van der Waals surface area contributed by atoms with Crippen molar-refractivity contribution in [3.8, 4) is 0 Å².